The first kappa shape index (κ1) is 16.1. The van der Waals surface area contributed by atoms with Crippen LogP contribution in [0, 0.1) is 0 Å². The van der Waals surface area contributed by atoms with Gasteiger partial charge in [-0.15, -0.1) is 11.8 Å². The van der Waals surface area contributed by atoms with Crippen molar-refractivity contribution >= 4 is 17.7 Å². The molecule has 0 spiro atoms. The molecule has 1 unspecified atom stereocenters. The van der Waals surface area contributed by atoms with Gasteiger partial charge in [0.15, 0.2) is 0 Å². The topological polar surface area (TPSA) is 40.5 Å². The number of piperidine rings is 1. The van der Waals surface area contributed by atoms with Gasteiger partial charge in [0.25, 0.3) is 5.91 Å². The molecule has 21 heavy (non-hydrogen) atoms. The van der Waals surface area contributed by atoms with E-state index in [1.54, 1.807) is 16.7 Å². The molecule has 1 aliphatic heterocycles. The summed E-state index contributed by atoms with van der Waals surface area (Å²) in [6.45, 7) is 5.34. The smallest absolute Gasteiger partial charge is 0.255 e. The van der Waals surface area contributed by atoms with Gasteiger partial charge in [-0.2, -0.15) is 0 Å². The Kier molecular flexibility index (Phi) is 5.88. The SMILES string of the molecule is CC(C)=CCSc1ccccc1C(=O)N1CCCC(O)C1. The van der Waals surface area contributed by atoms with Gasteiger partial charge in [0, 0.05) is 23.7 Å². The van der Waals surface area contributed by atoms with Crippen molar-refractivity contribution in [1.82, 2.24) is 4.90 Å². The Balaban J connectivity index is 2.11. The number of amides is 1. The summed E-state index contributed by atoms with van der Waals surface area (Å²) >= 11 is 1.68. The summed E-state index contributed by atoms with van der Waals surface area (Å²) in [6.07, 6.45) is 3.45. The first-order valence-corrected chi connectivity index (χ1v) is 8.39. The lowest BCUT2D eigenvalue weighted by atomic mass is 10.1. The van der Waals surface area contributed by atoms with Gasteiger partial charge >= 0.3 is 0 Å². The molecule has 114 valence electrons. The molecule has 0 radical (unpaired) electrons. The van der Waals surface area contributed by atoms with Crippen molar-refractivity contribution in [1.29, 1.82) is 0 Å². The highest BCUT2D eigenvalue weighted by Crippen LogP contribution is 2.25. The molecule has 1 fully saturated rings. The monoisotopic (exact) mass is 305 g/mol. The Morgan fingerprint density at radius 2 is 2.19 bits per heavy atom. The highest BCUT2D eigenvalue weighted by atomic mass is 32.2. The Morgan fingerprint density at radius 3 is 2.90 bits per heavy atom. The number of allylic oxidation sites excluding steroid dienone is 1. The lowest BCUT2D eigenvalue weighted by Gasteiger charge is -2.30. The van der Waals surface area contributed by atoms with Gasteiger partial charge in [-0.3, -0.25) is 4.79 Å². The van der Waals surface area contributed by atoms with Crippen molar-refractivity contribution in [2.75, 3.05) is 18.8 Å². The van der Waals surface area contributed by atoms with E-state index in [2.05, 4.69) is 19.9 Å². The molecular formula is C17H23NO2S. The van der Waals surface area contributed by atoms with Gasteiger partial charge < -0.3 is 10.0 Å². The normalized spacial score (nSPS) is 18.4. The quantitative estimate of drug-likeness (QED) is 0.685. The zero-order valence-electron chi connectivity index (χ0n) is 12.7. The molecule has 1 aliphatic rings. The number of nitrogens with zero attached hydrogens (tertiary/aromatic N) is 1. The van der Waals surface area contributed by atoms with Crippen LogP contribution in [0.15, 0.2) is 40.8 Å². The van der Waals surface area contributed by atoms with Crippen LogP contribution in [0.2, 0.25) is 0 Å². The number of likely N-dealkylation sites (tertiary alicyclic amines) is 1. The fourth-order valence-corrected chi connectivity index (χ4v) is 3.46. The molecule has 1 saturated heterocycles. The summed E-state index contributed by atoms with van der Waals surface area (Å²) in [5.74, 6) is 0.906. The van der Waals surface area contributed by atoms with Gasteiger partial charge in [0.2, 0.25) is 0 Å². The molecule has 1 atom stereocenters. The largest absolute Gasteiger partial charge is 0.391 e. The van der Waals surface area contributed by atoms with Crippen LogP contribution in [-0.4, -0.2) is 40.9 Å². The standard InChI is InChI=1S/C17H23NO2S/c1-13(2)9-11-21-16-8-4-3-7-15(16)17(20)18-10-5-6-14(19)12-18/h3-4,7-9,14,19H,5-6,10-12H2,1-2H3. The molecule has 0 bridgehead atoms. The average Bonchev–Trinajstić information content (AvgIpc) is 2.47. The minimum atomic E-state index is -0.381. The molecule has 0 saturated carbocycles. The number of aliphatic hydroxyl groups is 1. The molecule has 0 aliphatic carbocycles. The van der Waals surface area contributed by atoms with Crippen LogP contribution in [0.5, 0.6) is 0 Å². The van der Waals surface area contributed by atoms with Gasteiger partial charge in [-0.25, -0.2) is 0 Å². The average molecular weight is 305 g/mol. The van der Waals surface area contributed by atoms with E-state index in [-0.39, 0.29) is 12.0 Å². The predicted octanol–water partition coefficient (Wildman–Crippen LogP) is 3.34. The third kappa shape index (κ3) is 4.61. The predicted molar refractivity (Wildman–Crippen MR) is 87.7 cm³/mol. The molecule has 2 rings (SSSR count). The van der Waals surface area contributed by atoms with E-state index < -0.39 is 0 Å². The minimum Gasteiger partial charge on any atom is -0.391 e. The number of aliphatic hydroxyl groups excluding tert-OH is 1. The van der Waals surface area contributed by atoms with E-state index in [0.29, 0.717) is 6.54 Å². The third-order valence-corrected chi connectivity index (χ3v) is 4.53. The maximum absolute atomic E-state index is 12.6. The van der Waals surface area contributed by atoms with E-state index in [1.165, 1.54) is 5.57 Å². The van der Waals surface area contributed by atoms with Crippen LogP contribution < -0.4 is 0 Å². The highest BCUT2D eigenvalue weighted by Gasteiger charge is 2.24. The first-order chi connectivity index (χ1) is 10.1. The fourth-order valence-electron chi connectivity index (χ4n) is 2.38. The van der Waals surface area contributed by atoms with Crippen molar-refractivity contribution in [2.45, 2.75) is 37.7 Å². The summed E-state index contributed by atoms with van der Waals surface area (Å²) < 4.78 is 0. The van der Waals surface area contributed by atoms with E-state index in [1.807, 2.05) is 24.3 Å². The second-order valence-corrected chi connectivity index (χ2v) is 6.70. The number of hydrogen-bond acceptors (Lipinski definition) is 3. The Labute approximate surface area is 131 Å². The summed E-state index contributed by atoms with van der Waals surface area (Å²) in [6, 6.07) is 7.75. The van der Waals surface area contributed by atoms with E-state index in [9.17, 15) is 9.90 Å². The van der Waals surface area contributed by atoms with Gasteiger partial charge in [0.1, 0.15) is 0 Å². The zero-order chi connectivity index (χ0) is 15.2. The van der Waals surface area contributed by atoms with Crippen molar-refractivity contribution in [2.24, 2.45) is 0 Å². The van der Waals surface area contributed by atoms with Crippen molar-refractivity contribution in [3.63, 3.8) is 0 Å². The van der Waals surface area contributed by atoms with Gasteiger partial charge in [-0.1, -0.05) is 23.8 Å². The molecule has 1 N–H and O–H groups in total. The zero-order valence-corrected chi connectivity index (χ0v) is 13.5. The van der Waals surface area contributed by atoms with E-state index in [0.717, 1.165) is 35.6 Å². The van der Waals surface area contributed by atoms with Crippen LogP contribution in [0.3, 0.4) is 0 Å². The number of thioether (sulfide) groups is 1. The summed E-state index contributed by atoms with van der Waals surface area (Å²) in [7, 11) is 0. The molecule has 1 aromatic carbocycles. The summed E-state index contributed by atoms with van der Waals surface area (Å²) in [4.78, 5) is 15.4. The number of β-amino-alcohol motifs (C(OH)–C–C–N with tert-alkyl or cyclic N) is 1. The van der Waals surface area contributed by atoms with Gasteiger partial charge in [-0.05, 0) is 38.8 Å². The molecule has 1 amide bonds. The van der Waals surface area contributed by atoms with Gasteiger partial charge in [0.05, 0.1) is 11.7 Å². The second kappa shape index (κ2) is 7.66. The maximum Gasteiger partial charge on any atom is 0.255 e. The second-order valence-electron chi connectivity index (χ2n) is 5.64. The van der Waals surface area contributed by atoms with Crippen molar-refractivity contribution in [3.05, 3.63) is 41.5 Å². The maximum atomic E-state index is 12.6. The van der Waals surface area contributed by atoms with Crippen molar-refractivity contribution < 1.29 is 9.90 Å². The summed E-state index contributed by atoms with van der Waals surface area (Å²) in [5.41, 5.74) is 2.03. The fraction of sp³-hybridized carbons (Fsp3) is 0.471. The molecule has 1 aromatic rings. The van der Waals surface area contributed by atoms with Crippen LogP contribution >= 0.6 is 11.8 Å². The molecular weight excluding hydrogens is 282 g/mol. The third-order valence-electron chi connectivity index (χ3n) is 3.53. The molecule has 0 aromatic heterocycles. The number of rotatable bonds is 4. The summed E-state index contributed by atoms with van der Waals surface area (Å²) in [5, 5.41) is 9.74. The van der Waals surface area contributed by atoms with E-state index >= 15 is 0 Å². The number of benzene rings is 1. The first-order valence-electron chi connectivity index (χ1n) is 7.40. The molecule has 4 heteroatoms. The van der Waals surface area contributed by atoms with E-state index in [4.69, 9.17) is 0 Å². The van der Waals surface area contributed by atoms with Crippen LogP contribution in [0.25, 0.3) is 0 Å². The lowest BCUT2D eigenvalue weighted by Crippen LogP contribution is -2.42. The Hall–Kier alpha value is -1.26. The van der Waals surface area contributed by atoms with Crippen LogP contribution in [-0.2, 0) is 0 Å². The highest BCUT2D eigenvalue weighted by molar-refractivity contribution is 7.99. The number of hydrogen-bond donors (Lipinski definition) is 1. The number of carbonyl (C=O) groups is 1. The molecule has 3 nitrogen and oxygen atoms in total. The number of carbonyl (C=O) groups excluding carboxylic acids is 1. The van der Waals surface area contributed by atoms with Crippen LogP contribution in [0.1, 0.15) is 37.0 Å². The van der Waals surface area contributed by atoms with Crippen molar-refractivity contribution in [3.8, 4) is 0 Å². The Bertz CT molecular complexity index is 523. The Morgan fingerprint density at radius 1 is 1.43 bits per heavy atom. The van der Waals surface area contributed by atoms with Crippen LogP contribution in [0.4, 0.5) is 0 Å². The lowest BCUT2D eigenvalue weighted by molar-refractivity contribution is 0.0471. The molecule has 1 heterocycles. The minimum absolute atomic E-state index is 0.0362.